The van der Waals surface area contributed by atoms with Crippen molar-refractivity contribution in [2.75, 3.05) is 4.90 Å². The summed E-state index contributed by atoms with van der Waals surface area (Å²) in [7, 11) is 0. The summed E-state index contributed by atoms with van der Waals surface area (Å²) in [5.41, 5.74) is 1.41. The molecule has 2 atom stereocenters. The fourth-order valence-electron chi connectivity index (χ4n) is 2.47. The maximum absolute atomic E-state index is 12.7. The lowest BCUT2D eigenvalue weighted by atomic mass is 10.1. The predicted octanol–water partition coefficient (Wildman–Crippen LogP) is 2.77. The van der Waals surface area contributed by atoms with Crippen LogP contribution in [0, 0.1) is 11.3 Å². The van der Waals surface area contributed by atoms with E-state index in [2.05, 4.69) is 0 Å². The summed E-state index contributed by atoms with van der Waals surface area (Å²) in [6, 6.07) is 20.2. The first-order valence-corrected chi connectivity index (χ1v) is 7.78. The van der Waals surface area contributed by atoms with E-state index in [4.69, 9.17) is 5.26 Å². The number of benzene rings is 2. The van der Waals surface area contributed by atoms with Gasteiger partial charge in [0.1, 0.15) is 0 Å². The molecule has 24 heavy (non-hydrogen) atoms. The second-order valence-corrected chi connectivity index (χ2v) is 5.51. The molecule has 5 nitrogen and oxygen atoms in total. The first-order chi connectivity index (χ1) is 11.6. The van der Waals surface area contributed by atoms with E-state index in [1.807, 2.05) is 66.7 Å². The number of hydrogen-bond donors (Lipinski definition) is 2. The minimum Gasteiger partial charge on any atom is -0.392 e. The van der Waals surface area contributed by atoms with Crippen LogP contribution < -0.4 is 4.90 Å². The Bertz CT molecular complexity index is 643. The zero-order chi connectivity index (χ0) is 17.4. The maximum atomic E-state index is 12.7. The highest BCUT2D eigenvalue weighted by Gasteiger charge is 2.22. The fraction of sp³-hybridized carbons (Fsp3) is 0.263. The Morgan fingerprint density at radius 3 is 1.92 bits per heavy atom. The zero-order valence-corrected chi connectivity index (χ0v) is 13.2. The molecule has 2 N–H and O–H groups in total. The van der Waals surface area contributed by atoms with Gasteiger partial charge in [0.2, 0.25) is 5.91 Å². The number of carbonyl (C=O) groups excluding carboxylic acids is 1. The normalized spacial score (nSPS) is 12.9. The van der Waals surface area contributed by atoms with Crippen LogP contribution in [0.5, 0.6) is 0 Å². The van der Waals surface area contributed by atoms with Crippen molar-refractivity contribution in [3.63, 3.8) is 0 Å². The van der Waals surface area contributed by atoms with Crippen molar-refractivity contribution >= 4 is 17.3 Å². The molecule has 2 aromatic rings. The first-order valence-electron chi connectivity index (χ1n) is 7.78. The van der Waals surface area contributed by atoms with Crippen LogP contribution >= 0.6 is 0 Å². The average molecular weight is 324 g/mol. The molecule has 124 valence electrons. The highest BCUT2D eigenvalue weighted by molar-refractivity contribution is 6.00. The van der Waals surface area contributed by atoms with Gasteiger partial charge in [-0.05, 0) is 24.3 Å². The number of aliphatic hydroxyl groups excluding tert-OH is 2. The van der Waals surface area contributed by atoms with Crippen LogP contribution in [0.1, 0.15) is 19.3 Å². The molecule has 1 amide bonds. The Balaban J connectivity index is 2.16. The van der Waals surface area contributed by atoms with Gasteiger partial charge in [0.05, 0.1) is 31.1 Å². The lowest BCUT2D eigenvalue weighted by molar-refractivity contribution is -0.120. The van der Waals surface area contributed by atoms with Gasteiger partial charge in [-0.15, -0.1) is 0 Å². The molecule has 0 heterocycles. The number of aliphatic hydroxyl groups is 2. The van der Waals surface area contributed by atoms with Gasteiger partial charge >= 0.3 is 0 Å². The van der Waals surface area contributed by atoms with Crippen molar-refractivity contribution in [3.8, 4) is 6.07 Å². The van der Waals surface area contributed by atoms with Crippen LogP contribution in [-0.2, 0) is 4.79 Å². The molecule has 5 heteroatoms. The van der Waals surface area contributed by atoms with Crippen LogP contribution in [0.4, 0.5) is 11.4 Å². The van der Waals surface area contributed by atoms with E-state index in [1.165, 1.54) is 0 Å². The molecule has 0 aliphatic carbocycles. The molecule has 0 bridgehead atoms. The summed E-state index contributed by atoms with van der Waals surface area (Å²) in [5.74, 6) is -0.274. The van der Waals surface area contributed by atoms with E-state index in [0.717, 1.165) is 0 Å². The summed E-state index contributed by atoms with van der Waals surface area (Å²) in [4.78, 5) is 14.3. The Morgan fingerprint density at radius 1 is 0.958 bits per heavy atom. The van der Waals surface area contributed by atoms with E-state index in [9.17, 15) is 15.0 Å². The van der Waals surface area contributed by atoms with E-state index >= 15 is 0 Å². The standard InChI is InChI=1S/C19H20N2O3/c20-12-11-17(22)13-18(23)14-19(24)21(15-7-3-1-4-8-15)16-9-5-2-6-10-16/h1-10,17-18,22-23H,11,13-14H2. The van der Waals surface area contributed by atoms with Crippen LogP contribution in [-0.4, -0.2) is 28.3 Å². The van der Waals surface area contributed by atoms with E-state index in [-0.39, 0.29) is 25.2 Å². The minimum absolute atomic E-state index is 0.00325. The molecule has 2 unspecified atom stereocenters. The molecule has 0 aliphatic rings. The second kappa shape index (κ2) is 8.82. The summed E-state index contributed by atoms with van der Waals surface area (Å²) in [6.07, 6.45) is -2.13. The van der Waals surface area contributed by atoms with Crippen LogP contribution in [0.2, 0.25) is 0 Å². The van der Waals surface area contributed by atoms with Gasteiger partial charge in [0.15, 0.2) is 0 Å². The van der Waals surface area contributed by atoms with Gasteiger partial charge in [-0.1, -0.05) is 36.4 Å². The smallest absolute Gasteiger partial charge is 0.234 e. The van der Waals surface area contributed by atoms with E-state index in [0.29, 0.717) is 11.4 Å². The van der Waals surface area contributed by atoms with Crippen molar-refractivity contribution in [2.24, 2.45) is 0 Å². The van der Waals surface area contributed by atoms with Crippen molar-refractivity contribution in [2.45, 2.75) is 31.5 Å². The highest BCUT2D eigenvalue weighted by Crippen LogP contribution is 2.26. The largest absolute Gasteiger partial charge is 0.392 e. The molecule has 0 aromatic heterocycles. The van der Waals surface area contributed by atoms with Gasteiger partial charge in [-0.3, -0.25) is 9.69 Å². The topological polar surface area (TPSA) is 84.6 Å². The summed E-state index contributed by atoms with van der Waals surface area (Å²) in [6.45, 7) is 0. The van der Waals surface area contributed by atoms with Crippen LogP contribution in [0.3, 0.4) is 0 Å². The monoisotopic (exact) mass is 324 g/mol. The molecular weight excluding hydrogens is 304 g/mol. The number of anilines is 2. The molecular formula is C19H20N2O3. The summed E-state index contributed by atoms with van der Waals surface area (Å²) >= 11 is 0. The zero-order valence-electron chi connectivity index (χ0n) is 13.2. The predicted molar refractivity (Wildman–Crippen MR) is 91.5 cm³/mol. The number of rotatable bonds is 7. The number of nitrogens with zero attached hydrogens (tertiary/aromatic N) is 2. The third-order valence-corrected chi connectivity index (χ3v) is 3.56. The maximum Gasteiger partial charge on any atom is 0.234 e. The molecule has 0 fully saturated rings. The van der Waals surface area contributed by atoms with Gasteiger partial charge in [0, 0.05) is 17.8 Å². The third-order valence-electron chi connectivity index (χ3n) is 3.56. The van der Waals surface area contributed by atoms with Gasteiger partial charge < -0.3 is 10.2 Å². The summed E-state index contributed by atoms with van der Waals surface area (Å²) < 4.78 is 0. The second-order valence-electron chi connectivity index (χ2n) is 5.51. The van der Waals surface area contributed by atoms with E-state index in [1.54, 1.807) is 4.90 Å². The number of carbonyl (C=O) groups is 1. The van der Waals surface area contributed by atoms with Crippen molar-refractivity contribution in [1.82, 2.24) is 0 Å². The molecule has 0 spiro atoms. The lowest BCUT2D eigenvalue weighted by Crippen LogP contribution is -2.30. The Kier molecular flexibility index (Phi) is 6.50. The molecule has 0 aliphatic heterocycles. The average Bonchev–Trinajstić information content (AvgIpc) is 2.57. The number of hydrogen-bond acceptors (Lipinski definition) is 4. The SMILES string of the molecule is N#CCC(O)CC(O)CC(=O)N(c1ccccc1)c1ccccc1. The molecule has 2 aromatic carbocycles. The number of para-hydroxylation sites is 2. The summed E-state index contributed by atoms with van der Waals surface area (Å²) in [5, 5.41) is 28.2. The lowest BCUT2D eigenvalue weighted by Gasteiger charge is -2.24. The first kappa shape index (κ1) is 17.7. The fourth-order valence-corrected chi connectivity index (χ4v) is 2.47. The van der Waals surface area contributed by atoms with Crippen molar-refractivity contribution in [1.29, 1.82) is 5.26 Å². The van der Waals surface area contributed by atoms with Gasteiger partial charge in [-0.25, -0.2) is 0 Å². The molecule has 2 rings (SSSR count). The minimum atomic E-state index is -1.00. The Morgan fingerprint density at radius 2 is 1.46 bits per heavy atom. The Hall–Kier alpha value is -2.68. The quantitative estimate of drug-likeness (QED) is 0.820. The van der Waals surface area contributed by atoms with Crippen molar-refractivity contribution in [3.05, 3.63) is 60.7 Å². The number of amides is 1. The van der Waals surface area contributed by atoms with Gasteiger partial charge in [-0.2, -0.15) is 5.26 Å². The molecule has 0 radical (unpaired) electrons. The number of nitriles is 1. The molecule has 0 saturated carbocycles. The highest BCUT2D eigenvalue weighted by atomic mass is 16.3. The van der Waals surface area contributed by atoms with E-state index < -0.39 is 12.2 Å². The third kappa shape index (κ3) is 4.92. The van der Waals surface area contributed by atoms with Gasteiger partial charge in [0.25, 0.3) is 0 Å². The van der Waals surface area contributed by atoms with Crippen molar-refractivity contribution < 1.29 is 15.0 Å². The van der Waals surface area contributed by atoms with Crippen LogP contribution in [0.25, 0.3) is 0 Å². The molecule has 0 saturated heterocycles. The van der Waals surface area contributed by atoms with Crippen LogP contribution in [0.15, 0.2) is 60.7 Å². The Labute approximate surface area is 141 Å².